The van der Waals surface area contributed by atoms with Crippen LogP contribution in [0.25, 0.3) is 0 Å². The van der Waals surface area contributed by atoms with Crippen LogP contribution in [0.3, 0.4) is 0 Å². The van der Waals surface area contributed by atoms with Gasteiger partial charge in [-0.25, -0.2) is 4.39 Å². The van der Waals surface area contributed by atoms with Gasteiger partial charge >= 0.3 is 5.97 Å². The summed E-state index contributed by atoms with van der Waals surface area (Å²) in [5.41, 5.74) is 1.28. The molecule has 28 heavy (non-hydrogen) atoms. The highest BCUT2D eigenvalue weighted by Crippen LogP contribution is 2.20. The molecule has 0 bridgehead atoms. The van der Waals surface area contributed by atoms with E-state index in [1.54, 1.807) is 9.80 Å². The second kappa shape index (κ2) is 10.0. The average molecular weight is 390 g/mol. The van der Waals surface area contributed by atoms with E-state index in [0.717, 1.165) is 5.57 Å². The maximum absolute atomic E-state index is 13.0. The van der Waals surface area contributed by atoms with E-state index in [0.29, 0.717) is 44.6 Å². The van der Waals surface area contributed by atoms with Gasteiger partial charge in [0.05, 0.1) is 5.92 Å². The monoisotopic (exact) mass is 390 g/mol. The number of likely N-dealkylation sites (tertiary alicyclic amines) is 1. The van der Waals surface area contributed by atoms with E-state index in [4.69, 9.17) is 4.74 Å². The summed E-state index contributed by atoms with van der Waals surface area (Å²) in [5.74, 6) is -1.56. The second-order valence-electron chi connectivity index (χ2n) is 7.05. The predicted molar refractivity (Wildman–Crippen MR) is 103 cm³/mol. The molecule has 0 saturated carbocycles. The molecule has 1 aromatic rings. The van der Waals surface area contributed by atoms with Gasteiger partial charge in [0.2, 0.25) is 0 Å². The highest BCUT2D eigenvalue weighted by atomic mass is 19.1. The van der Waals surface area contributed by atoms with Gasteiger partial charge in [-0.1, -0.05) is 12.2 Å². The van der Waals surface area contributed by atoms with Crippen molar-refractivity contribution in [3.8, 4) is 0 Å². The fourth-order valence-corrected chi connectivity index (χ4v) is 3.14. The van der Waals surface area contributed by atoms with E-state index < -0.39 is 11.8 Å². The Morgan fingerprint density at radius 2 is 1.82 bits per heavy atom. The third-order valence-corrected chi connectivity index (χ3v) is 4.74. The Hall–Kier alpha value is -2.70. The summed E-state index contributed by atoms with van der Waals surface area (Å²) in [7, 11) is 0. The van der Waals surface area contributed by atoms with E-state index in [2.05, 4.69) is 6.58 Å². The van der Waals surface area contributed by atoms with Crippen LogP contribution in [0.15, 0.2) is 36.4 Å². The maximum Gasteiger partial charge on any atom is 0.309 e. The van der Waals surface area contributed by atoms with Crippen molar-refractivity contribution in [1.29, 1.82) is 0 Å². The summed E-state index contributed by atoms with van der Waals surface area (Å²) < 4.78 is 18.2. The van der Waals surface area contributed by atoms with Crippen molar-refractivity contribution in [3.63, 3.8) is 0 Å². The molecule has 0 spiro atoms. The molecule has 0 radical (unpaired) electrons. The first-order valence-electron chi connectivity index (χ1n) is 9.45. The van der Waals surface area contributed by atoms with Crippen LogP contribution in [0.1, 0.15) is 37.0 Å². The van der Waals surface area contributed by atoms with Crippen molar-refractivity contribution in [2.45, 2.75) is 26.7 Å². The molecule has 0 N–H and O–H groups in total. The van der Waals surface area contributed by atoms with Gasteiger partial charge in [0.1, 0.15) is 5.82 Å². The van der Waals surface area contributed by atoms with Crippen molar-refractivity contribution in [2.75, 3.05) is 32.8 Å². The highest BCUT2D eigenvalue weighted by Gasteiger charge is 2.29. The number of hydrogen-bond donors (Lipinski definition) is 0. The van der Waals surface area contributed by atoms with Crippen molar-refractivity contribution < 1.29 is 23.5 Å². The SMILES string of the molecule is C=C(C)CN(CC)C(=O)COC(=O)C1CCN(C(=O)c2ccc(F)cc2)CC1. The number of nitrogens with zero attached hydrogens (tertiary/aromatic N) is 2. The van der Waals surface area contributed by atoms with Gasteiger partial charge in [0.15, 0.2) is 6.61 Å². The number of carbonyl (C=O) groups excluding carboxylic acids is 3. The van der Waals surface area contributed by atoms with Crippen LogP contribution >= 0.6 is 0 Å². The van der Waals surface area contributed by atoms with E-state index in [1.165, 1.54) is 24.3 Å². The van der Waals surface area contributed by atoms with Gasteiger partial charge in [-0.3, -0.25) is 14.4 Å². The molecule has 0 atom stereocenters. The molecular weight excluding hydrogens is 363 g/mol. The summed E-state index contributed by atoms with van der Waals surface area (Å²) in [6, 6.07) is 5.41. The zero-order valence-corrected chi connectivity index (χ0v) is 16.4. The molecule has 1 fully saturated rings. The van der Waals surface area contributed by atoms with E-state index >= 15 is 0 Å². The van der Waals surface area contributed by atoms with Gasteiger partial charge in [0.25, 0.3) is 11.8 Å². The molecule has 1 heterocycles. The highest BCUT2D eigenvalue weighted by molar-refractivity contribution is 5.94. The number of piperidine rings is 1. The molecule has 1 aromatic carbocycles. The number of amides is 2. The standard InChI is InChI=1S/C21H27FN2O4/c1-4-23(13-15(2)3)19(25)14-28-21(27)17-9-11-24(12-10-17)20(26)16-5-7-18(22)8-6-16/h5-8,17H,2,4,9-14H2,1,3H3. The van der Waals surface area contributed by atoms with Gasteiger partial charge in [0, 0.05) is 31.7 Å². The topological polar surface area (TPSA) is 66.9 Å². The Morgan fingerprint density at radius 3 is 2.36 bits per heavy atom. The van der Waals surface area contributed by atoms with Crippen LogP contribution in [0, 0.1) is 11.7 Å². The van der Waals surface area contributed by atoms with Crippen LogP contribution < -0.4 is 0 Å². The van der Waals surface area contributed by atoms with Gasteiger partial charge in [-0.15, -0.1) is 0 Å². The Morgan fingerprint density at radius 1 is 1.21 bits per heavy atom. The number of ether oxygens (including phenoxy) is 1. The van der Waals surface area contributed by atoms with Gasteiger partial charge in [-0.05, 0) is 51.0 Å². The maximum atomic E-state index is 13.0. The molecular formula is C21H27FN2O4. The third-order valence-electron chi connectivity index (χ3n) is 4.74. The lowest BCUT2D eigenvalue weighted by Crippen LogP contribution is -2.41. The minimum atomic E-state index is -0.409. The molecule has 1 aliphatic rings. The zero-order valence-electron chi connectivity index (χ0n) is 16.4. The summed E-state index contributed by atoms with van der Waals surface area (Å²) in [5, 5.41) is 0. The van der Waals surface area contributed by atoms with Gasteiger partial charge < -0.3 is 14.5 Å². The first kappa shape index (κ1) is 21.6. The lowest BCUT2D eigenvalue weighted by Gasteiger charge is -2.31. The Labute approximate surface area is 164 Å². The van der Waals surface area contributed by atoms with Crippen LogP contribution in [0.2, 0.25) is 0 Å². The molecule has 0 unspecified atom stereocenters. The summed E-state index contributed by atoms with van der Waals surface area (Å²) in [4.78, 5) is 40.1. The molecule has 152 valence electrons. The van der Waals surface area contributed by atoms with E-state index in [1.807, 2.05) is 13.8 Å². The summed E-state index contributed by atoms with van der Waals surface area (Å²) in [6.45, 7) is 9.00. The third kappa shape index (κ3) is 5.90. The van der Waals surface area contributed by atoms with Crippen molar-refractivity contribution in [2.24, 2.45) is 5.92 Å². The van der Waals surface area contributed by atoms with Crippen LogP contribution in [0.5, 0.6) is 0 Å². The molecule has 2 amide bonds. The van der Waals surface area contributed by atoms with E-state index in [9.17, 15) is 18.8 Å². The second-order valence-corrected chi connectivity index (χ2v) is 7.05. The predicted octanol–water partition coefficient (Wildman–Crippen LogP) is 2.65. The first-order chi connectivity index (χ1) is 13.3. The molecule has 1 saturated heterocycles. The average Bonchev–Trinajstić information content (AvgIpc) is 2.70. The Kier molecular flexibility index (Phi) is 7.72. The molecule has 6 nitrogen and oxygen atoms in total. The Bertz CT molecular complexity index is 724. The fraction of sp³-hybridized carbons (Fsp3) is 0.476. The quantitative estimate of drug-likeness (QED) is 0.530. The normalized spacial score (nSPS) is 14.5. The number of benzene rings is 1. The molecule has 0 aromatic heterocycles. The summed E-state index contributed by atoms with van der Waals surface area (Å²) in [6.07, 6.45) is 0.951. The minimum absolute atomic E-state index is 0.180. The van der Waals surface area contributed by atoms with E-state index in [-0.39, 0.29) is 24.3 Å². The molecule has 2 rings (SSSR count). The molecule has 0 aliphatic carbocycles. The number of rotatable bonds is 7. The smallest absolute Gasteiger partial charge is 0.309 e. The Balaban J connectivity index is 1.80. The lowest BCUT2D eigenvalue weighted by atomic mass is 9.96. The minimum Gasteiger partial charge on any atom is -0.455 e. The van der Waals surface area contributed by atoms with Crippen LogP contribution in [-0.2, 0) is 14.3 Å². The van der Waals surface area contributed by atoms with Crippen molar-refractivity contribution in [3.05, 3.63) is 47.8 Å². The number of hydrogen-bond acceptors (Lipinski definition) is 4. The molecule has 1 aliphatic heterocycles. The first-order valence-corrected chi connectivity index (χ1v) is 9.45. The van der Waals surface area contributed by atoms with Gasteiger partial charge in [-0.2, -0.15) is 0 Å². The largest absolute Gasteiger partial charge is 0.455 e. The van der Waals surface area contributed by atoms with Crippen molar-refractivity contribution >= 4 is 17.8 Å². The number of likely N-dealkylation sites (N-methyl/N-ethyl adjacent to an activating group) is 1. The number of carbonyl (C=O) groups is 3. The number of halogens is 1. The number of esters is 1. The molecule has 7 heteroatoms. The lowest BCUT2D eigenvalue weighted by molar-refractivity contribution is -0.156. The fourth-order valence-electron chi connectivity index (χ4n) is 3.14. The van der Waals surface area contributed by atoms with Crippen molar-refractivity contribution in [1.82, 2.24) is 9.80 Å². The van der Waals surface area contributed by atoms with Crippen LogP contribution in [0.4, 0.5) is 4.39 Å². The summed E-state index contributed by atoms with van der Waals surface area (Å²) >= 11 is 0. The zero-order chi connectivity index (χ0) is 20.7. The van der Waals surface area contributed by atoms with Crippen LogP contribution in [-0.4, -0.2) is 60.4 Å².